The Labute approximate surface area is 198 Å². The third-order valence-electron chi connectivity index (χ3n) is 5.60. The van der Waals surface area contributed by atoms with Gasteiger partial charge in [-0.2, -0.15) is 4.31 Å². The minimum Gasteiger partial charge on any atom is -0.494 e. The Morgan fingerprint density at radius 1 is 1.06 bits per heavy atom. The minimum atomic E-state index is -3.63. The number of hydrogen-bond donors (Lipinski definition) is 0. The molecule has 1 amide bonds. The van der Waals surface area contributed by atoms with E-state index in [0.29, 0.717) is 49.1 Å². The summed E-state index contributed by atoms with van der Waals surface area (Å²) >= 11 is 0. The topological polar surface area (TPSA) is 93.0 Å². The molecule has 0 unspecified atom stereocenters. The van der Waals surface area contributed by atoms with Crippen LogP contribution >= 0.6 is 0 Å². The van der Waals surface area contributed by atoms with Gasteiger partial charge in [0.25, 0.3) is 0 Å². The SMILES string of the molecule is CCOc1ccc(S(=O)(=O)N2CCN(C(=O)CCc3ncc(-c4ccc(F)cc4)o3)CC2)cc1. The van der Waals surface area contributed by atoms with Crippen LogP contribution in [0.4, 0.5) is 4.39 Å². The van der Waals surface area contributed by atoms with E-state index < -0.39 is 10.0 Å². The van der Waals surface area contributed by atoms with Gasteiger partial charge in [0.1, 0.15) is 11.6 Å². The zero-order valence-electron chi connectivity index (χ0n) is 18.8. The summed E-state index contributed by atoms with van der Waals surface area (Å²) < 4.78 is 51.4. The van der Waals surface area contributed by atoms with Gasteiger partial charge in [-0.25, -0.2) is 17.8 Å². The van der Waals surface area contributed by atoms with Gasteiger partial charge in [0.2, 0.25) is 15.9 Å². The largest absolute Gasteiger partial charge is 0.494 e. The molecule has 4 rings (SSSR count). The van der Waals surface area contributed by atoms with Crippen molar-refractivity contribution in [3.05, 3.63) is 66.4 Å². The summed E-state index contributed by atoms with van der Waals surface area (Å²) in [6.07, 6.45) is 2.08. The maximum Gasteiger partial charge on any atom is 0.243 e. The highest BCUT2D eigenvalue weighted by Gasteiger charge is 2.30. The summed E-state index contributed by atoms with van der Waals surface area (Å²) in [4.78, 5) is 18.7. The summed E-state index contributed by atoms with van der Waals surface area (Å²) in [5.41, 5.74) is 0.705. The Hall–Kier alpha value is -3.24. The molecule has 10 heteroatoms. The van der Waals surface area contributed by atoms with E-state index in [2.05, 4.69) is 4.98 Å². The van der Waals surface area contributed by atoms with Crippen LogP contribution in [-0.2, 0) is 21.2 Å². The number of halogens is 1. The van der Waals surface area contributed by atoms with E-state index in [1.165, 1.54) is 28.6 Å². The van der Waals surface area contributed by atoms with Crippen molar-refractivity contribution in [1.82, 2.24) is 14.2 Å². The van der Waals surface area contributed by atoms with Crippen LogP contribution in [0.15, 0.2) is 64.0 Å². The molecule has 0 bridgehead atoms. The molecule has 0 N–H and O–H groups in total. The Bertz CT molecular complexity index is 1220. The fourth-order valence-electron chi connectivity index (χ4n) is 3.75. The smallest absolute Gasteiger partial charge is 0.243 e. The van der Waals surface area contributed by atoms with Gasteiger partial charge in [0.05, 0.1) is 17.7 Å². The summed E-state index contributed by atoms with van der Waals surface area (Å²) in [6, 6.07) is 12.2. The fourth-order valence-corrected chi connectivity index (χ4v) is 5.17. The molecule has 0 spiro atoms. The van der Waals surface area contributed by atoms with Gasteiger partial charge in [-0.1, -0.05) is 0 Å². The number of sulfonamides is 1. The van der Waals surface area contributed by atoms with Crippen LogP contribution < -0.4 is 4.74 Å². The van der Waals surface area contributed by atoms with E-state index in [1.807, 2.05) is 6.92 Å². The van der Waals surface area contributed by atoms with Crippen molar-refractivity contribution in [2.75, 3.05) is 32.8 Å². The molecule has 3 aromatic rings. The quantitative estimate of drug-likeness (QED) is 0.484. The molecule has 2 heterocycles. The normalized spacial score (nSPS) is 14.8. The molecule has 2 aromatic carbocycles. The van der Waals surface area contributed by atoms with Crippen molar-refractivity contribution in [3.63, 3.8) is 0 Å². The third-order valence-corrected chi connectivity index (χ3v) is 7.51. The Balaban J connectivity index is 1.28. The maximum atomic E-state index is 13.1. The molecule has 1 saturated heterocycles. The second-order valence-corrected chi connectivity index (χ2v) is 9.75. The zero-order valence-corrected chi connectivity index (χ0v) is 19.6. The lowest BCUT2D eigenvalue weighted by Gasteiger charge is -2.34. The molecule has 0 radical (unpaired) electrons. The van der Waals surface area contributed by atoms with Crippen molar-refractivity contribution >= 4 is 15.9 Å². The number of aryl methyl sites for hydroxylation is 1. The van der Waals surface area contributed by atoms with E-state index in [0.717, 1.165) is 0 Å². The number of nitrogens with zero attached hydrogens (tertiary/aromatic N) is 3. The lowest BCUT2D eigenvalue weighted by molar-refractivity contribution is -0.132. The molecular formula is C24H26FN3O5S. The first kappa shape index (κ1) is 23.9. The van der Waals surface area contributed by atoms with Gasteiger partial charge in [-0.3, -0.25) is 4.79 Å². The number of hydrogen-bond acceptors (Lipinski definition) is 6. The van der Waals surface area contributed by atoms with Crippen LogP contribution in [0.5, 0.6) is 5.75 Å². The van der Waals surface area contributed by atoms with Crippen LogP contribution in [0.3, 0.4) is 0 Å². The fraction of sp³-hybridized carbons (Fsp3) is 0.333. The van der Waals surface area contributed by atoms with E-state index >= 15 is 0 Å². The highest BCUT2D eigenvalue weighted by atomic mass is 32.2. The Kier molecular flexibility index (Phi) is 7.28. The first-order chi connectivity index (χ1) is 16.4. The zero-order chi connectivity index (χ0) is 24.1. The lowest BCUT2D eigenvalue weighted by Crippen LogP contribution is -2.50. The number of ether oxygens (including phenoxy) is 1. The van der Waals surface area contributed by atoms with Gasteiger partial charge in [-0.15, -0.1) is 0 Å². The number of amides is 1. The van der Waals surface area contributed by atoms with Gasteiger partial charge in [0, 0.05) is 44.6 Å². The summed E-state index contributed by atoms with van der Waals surface area (Å²) in [5, 5.41) is 0. The number of carbonyl (C=O) groups is 1. The summed E-state index contributed by atoms with van der Waals surface area (Å²) in [5.74, 6) is 1.13. The first-order valence-electron chi connectivity index (χ1n) is 11.1. The molecule has 1 fully saturated rings. The highest BCUT2D eigenvalue weighted by Crippen LogP contribution is 2.23. The van der Waals surface area contributed by atoms with Crippen LogP contribution in [0.2, 0.25) is 0 Å². The van der Waals surface area contributed by atoms with Crippen molar-refractivity contribution in [3.8, 4) is 17.1 Å². The molecule has 1 aliphatic heterocycles. The number of piperazine rings is 1. The van der Waals surface area contributed by atoms with Crippen molar-refractivity contribution < 1.29 is 26.8 Å². The van der Waals surface area contributed by atoms with Crippen LogP contribution in [0.25, 0.3) is 11.3 Å². The maximum absolute atomic E-state index is 13.1. The Morgan fingerprint density at radius 2 is 1.74 bits per heavy atom. The average Bonchev–Trinajstić information content (AvgIpc) is 3.33. The molecular weight excluding hydrogens is 461 g/mol. The molecule has 180 valence electrons. The lowest BCUT2D eigenvalue weighted by atomic mass is 10.2. The van der Waals surface area contributed by atoms with Gasteiger partial charge in [-0.05, 0) is 55.5 Å². The molecule has 0 saturated carbocycles. The van der Waals surface area contributed by atoms with Crippen molar-refractivity contribution in [2.45, 2.75) is 24.7 Å². The van der Waals surface area contributed by atoms with Crippen LogP contribution in [0.1, 0.15) is 19.2 Å². The minimum absolute atomic E-state index is 0.0837. The summed E-state index contributed by atoms with van der Waals surface area (Å²) in [7, 11) is -3.63. The predicted molar refractivity (Wildman–Crippen MR) is 123 cm³/mol. The number of rotatable bonds is 8. The van der Waals surface area contributed by atoms with Gasteiger partial charge >= 0.3 is 0 Å². The average molecular weight is 488 g/mol. The van der Waals surface area contributed by atoms with E-state index in [1.54, 1.807) is 35.4 Å². The molecule has 0 aliphatic carbocycles. The third kappa shape index (κ3) is 5.45. The van der Waals surface area contributed by atoms with Crippen molar-refractivity contribution in [2.24, 2.45) is 0 Å². The van der Waals surface area contributed by atoms with E-state index in [-0.39, 0.29) is 36.1 Å². The molecule has 8 nitrogen and oxygen atoms in total. The summed E-state index contributed by atoms with van der Waals surface area (Å²) in [6.45, 7) is 3.47. The standard InChI is InChI=1S/C24H26FN3O5S/c1-2-32-20-7-9-21(10-8-20)34(30,31)28-15-13-27(14-16-28)24(29)12-11-23-26-17-22(33-23)18-3-5-19(25)6-4-18/h3-10,17H,2,11-16H2,1H3. The van der Waals surface area contributed by atoms with Crippen LogP contribution in [-0.4, -0.2) is 61.3 Å². The molecule has 0 atom stereocenters. The monoisotopic (exact) mass is 487 g/mol. The molecule has 1 aromatic heterocycles. The van der Waals surface area contributed by atoms with Crippen LogP contribution in [0, 0.1) is 5.82 Å². The highest BCUT2D eigenvalue weighted by molar-refractivity contribution is 7.89. The second kappa shape index (κ2) is 10.4. The van der Waals surface area contributed by atoms with Gasteiger partial charge in [0.15, 0.2) is 11.7 Å². The molecule has 1 aliphatic rings. The molecule has 34 heavy (non-hydrogen) atoms. The number of aromatic nitrogens is 1. The number of carbonyl (C=O) groups excluding carboxylic acids is 1. The van der Waals surface area contributed by atoms with E-state index in [9.17, 15) is 17.6 Å². The second-order valence-electron chi connectivity index (χ2n) is 7.81. The van der Waals surface area contributed by atoms with Gasteiger partial charge < -0.3 is 14.1 Å². The number of oxazole rings is 1. The van der Waals surface area contributed by atoms with Crippen molar-refractivity contribution in [1.29, 1.82) is 0 Å². The Morgan fingerprint density at radius 3 is 2.38 bits per heavy atom. The predicted octanol–water partition coefficient (Wildman–Crippen LogP) is 3.35. The number of benzene rings is 2. The van der Waals surface area contributed by atoms with E-state index in [4.69, 9.17) is 9.15 Å². The first-order valence-corrected chi connectivity index (χ1v) is 12.5.